The largest absolute Gasteiger partial charge is 0.340 e. The van der Waals surface area contributed by atoms with E-state index in [2.05, 4.69) is 11.8 Å². The van der Waals surface area contributed by atoms with Crippen LogP contribution in [0.3, 0.4) is 0 Å². The van der Waals surface area contributed by atoms with Gasteiger partial charge in [0.1, 0.15) is 5.65 Å². The highest BCUT2D eigenvalue weighted by molar-refractivity contribution is 6.30. The maximum atomic E-state index is 13.0. The Morgan fingerprint density at radius 2 is 1.81 bits per heavy atom. The minimum atomic E-state index is 0.159. The first kappa shape index (κ1) is 18.0. The van der Waals surface area contributed by atoms with Crippen LogP contribution in [0.2, 0.25) is 5.02 Å². The molecule has 0 aliphatic carbocycles. The second kappa shape index (κ2) is 7.71. The number of aromatic nitrogens is 2. The molecule has 0 saturated carbocycles. The van der Waals surface area contributed by atoms with Crippen molar-refractivity contribution in [3.05, 3.63) is 59.4 Å². The van der Waals surface area contributed by atoms with Gasteiger partial charge < -0.3 is 14.2 Å². The molecule has 1 aromatic carbocycles. The first-order chi connectivity index (χ1) is 13.2. The van der Waals surface area contributed by atoms with Crippen molar-refractivity contribution in [1.29, 1.82) is 0 Å². The van der Waals surface area contributed by atoms with Crippen molar-refractivity contribution < 1.29 is 4.79 Å². The molecule has 2 aromatic heterocycles. The van der Waals surface area contributed by atoms with Crippen LogP contribution >= 0.6 is 11.6 Å². The minimum Gasteiger partial charge on any atom is -0.340 e. The Bertz CT molecular complexity index is 942. The summed E-state index contributed by atoms with van der Waals surface area (Å²) in [7, 11) is 0. The van der Waals surface area contributed by atoms with Gasteiger partial charge in [0.25, 0.3) is 0 Å². The molecule has 1 fully saturated rings. The molecule has 140 valence electrons. The number of piperazine rings is 1. The number of nitrogens with zero attached hydrogens (tertiary/aromatic N) is 4. The summed E-state index contributed by atoms with van der Waals surface area (Å²) in [5, 5.41) is 0.689. The number of hydrogen-bond donors (Lipinski definition) is 0. The number of carbonyl (C=O) groups is 1. The molecular weight excluding hydrogens is 360 g/mol. The Morgan fingerprint density at radius 3 is 2.52 bits per heavy atom. The molecule has 5 nitrogen and oxygen atoms in total. The maximum absolute atomic E-state index is 13.0. The van der Waals surface area contributed by atoms with E-state index in [-0.39, 0.29) is 5.91 Å². The third kappa shape index (κ3) is 3.70. The number of rotatable bonds is 4. The van der Waals surface area contributed by atoms with Crippen LogP contribution in [0.5, 0.6) is 0 Å². The van der Waals surface area contributed by atoms with Gasteiger partial charge in [-0.25, -0.2) is 4.98 Å². The van der Waals surface area contributed by atoms with Gasteiger partial charge in [0.05, 0.1) is 17.8 Å². The SMILES string of the molecule is CCN1CCN(C(=O)Cc2c(-c3ccc(Cl)cc3)nc3ccccn23)CC1. The van der Waals surface area contributed by atoms with Crippen LogP contribution in [0.25, 0.3) is 16.9 Å². The fourth-order valence-corrected chi connectivity index (χ4v) is 3.75. The third-order valence-electron chi connectivity index (χ3n) is 5.24. The molecular formula is C21H23ClN4O. The Labute approximate surface area is 164 Å². The molecule has 0 atom stereocenters. The highest BCUT2D eigenvalue weighted by atomic mass is 35.5. The second-order valence-electron chi connectivity index (χ2n) is 6.83. The first-order valence-electron chi connectivity index (χ1n) is 9.37. The monoisotopic (exact) mass is 382 g/mol. The third-order valence-corrected chi connectivity index (χ3v) is 5.49. The summed E-state index contributed by atoms with van der Waals surface area (Å²) in [5.74, 6) is 0.159. The highest BCUT2D eigenvalue weighted by Gasteiger charge is 2.23. The lowest BCUT2D eigenvalue weighted by Gasteiger charge is -2.34. The van der Waals surface area contributed by atoms with Gasteiger partial charge in [-0.1, -0.05) is 36.7 Å². The first-order valence-corrected chi connectivity index (χ1v) is 9.75. The molecule has 0 N–H and O–H groups in total. The quantitative estimate of drug-likeness (QED) is 0.694. The average Bonchev–Trinajstić information content (AvgIpc) is 3.07. The number of hydrogen-bond acceptors (Lipinski definition) is 3. The number of fused-ring (bicyclic) bond motifs is 1. The van der Waals surface area contributed by atoms with Crippen molar-refractivity contribution in [1.82, 2.24) is 19.2 Å². The minimum absolute atomic E-state index is 0.159. The summed E-state index contributed by atoms with van der Waals surface area (Å²) in [4.78, 5) is 22.1. The van der Waals surface area contributed by atoms with Crippen LogP contribution in [0.1, 0.15) is 12.6 Å². The standard InChI is InChI=1S/C21H23ClN4O/c1-2-24-11-13-25(14-12-24)20(27)15-18-21(16-6-8-17(22)9-7-16)23-19-5-3-4-10-26(18)19/h3-10H,2,11-15H2,1H3. The van der Waals surface area contributed by atoms with Gasteiger partial charge in [-0.2, -0.15) is 0 Å². The van der Waals surface area contributed by atoms with Crippen LogP contribution in [0, 0.1) is 0 Å². The van der Waals surface area contributed by atoms with Gasteiger partial charge in [0.15, 0.2) is 0 Å². The summed E-state index contributed by atoms with van der Waals surface area (Å²) in [5.41, 5.74) is 3.59. The molecule has 1 aliphatic rings. The van der Waals surface area contributed by atoms with Crippen LogP contribution in [-0.4, -0.2) is 57.8 Å². The molecule has 0 bridgehead atoms. The molecule has 1 aliphatic heterocycles. The van der Waals surface area contributed by atoms with Gasteiger partial charge in [-0.15, -0.1) is 0 Å². The van der Waals surface area contributed by atoms with E-state index in [1.165, 1.54) is 0 Å². The van der Waals surface area contributed by atoms with Crippen molar-refractivity contribution in [3.8, 4) is 11.3 Å². The molecule has 0 spiro atoms. The zero-order valence-electron chi connectivity index (χ0n) is 15.4. The van der Waals surface area contributed by atoms with Crippen LogP contribution in [-0.2, 0) is 11.2 Å². The normalized spacial score (nSPS) is 15.4. The van der Waals surface area contributed by atoms with Crippen LogP contribution in [0.4, 0.5) is 0 Å². The number of imidazole rings is 1. The van der Waals surface area contributed by atoms with Crippen molar-refractivity contribution >= 4 is 23.2 Å². The fraction of sp³-hybridized carbons (Fsp3) is 0.333. The zero-order valence-corrected chi connectivity index (χ0v) is 16.2. The lowest BCUT2D eigenvalue weighted by atomic mass is 10.1. The molecule has 3 heterocycles. The van der Waals surface area contributed by atoms with Gasteiger partial charge >= 0.3 is 0 Å². The maximum Gasteiger partial charge on any atom is 0.228 e. The number of carbonyl (C=O) groups excluding carboxylic acids is 1. The summed E-state index contributed by atoms with van der Waals surface area (Å²) >= 11 is 6.04. The average molecular weight is 383 g/mol. The van der Waals surface area contributed by atoms with E-state index < -0.39 is 0 Å². The smallest absolute Gasteiger partial charge is 0.228 e. The summed E-state index contributed by atoms with van der Waals surface area (Å²) in [6, 6.07) is 13.5. The van der Waals surface area contributed by atoms with E-state index in [1.54, 1.807) is 0 Å². The Hall–Kier alpha value is -2.37. The summed E-state index contributed by atoms with van der Waals surface area (Å²) in [6.07, 6.45) is 2.31. The van der Waals surface area contributed by atoms with E-state index in [4.69, 9.17) is 16.6 Å². The lowest BCUT2D eigenvalue weighted by Crippen LogP contribution is -2.49. The molecule has 0 radical (unpaired) electrons. The van der Waals surface area contributed by atoms with Crippen molar-refractivity contribution in [2.75, 3.05) is 32.7 Å². The highest BCUT2D eigenvalue weighted by Crippen LogP contribution is 2.26. The van der Waals surface area contributed by atoms with E-state index in [0.717, 1.165) is 55.3 Å². The predicted molar refractivity (Wildman–Crippen MR) is 108 cm³/mol. The second-order valence-corrected chi connectivity index (χ2v) is 7.27. The van der Waals surface area contributed by atoms with Gasteiger partial charge in [0.2, 0.25) is 5.91 Å². The number of pyridine rings is 1. The van der Waals surface area contributed by atoms with Crippen molar-refractivity contribution in [2.24, 2.45) is 0 Å². The Balaban J connectivity index is 1.65. The van der Waals surface area contributed by atoms with Gasteiger partial charge in [-0.05, 0) is 30.8 Å². The fourth-order valence-electron chi connectivity index (χ4n) is 3.62. The number of likely N-dealkylation sites (N-methyl/N-ethyl adjacent to an activating group) is 1. The molecule has 3 aromatic rings. The van der Waals surface area contributed by atoms with Crippen LogP contribution in [0.15, 0.2) is 48.7 Å². The molecule has 4 rings (SSSR count). The Kier molecular flexibility index (Phi) is 5.14. The number of halogens is 1. The topological polar surface area (TPSA) is 40.8 Å². The number of amides is 1. The van der Waals surface area contributed by atoms with Gasteiger partial charge in [-0.3, -0.25) is 4.79 Å². The zero-order chi connectivity index (χ0) is 18.8. The predicted octanol–water partition coefficient (Wildman–Crippen LogP) is 3.36. The summed E-state index contributed by atoms with van der Waals surface area (Å²) < 4.78 is 2.02. The molecule has 1 amide bonds. The molecule has 1 saturated heterocycles. The number of benzene rings is 1. The van der Waals surface area contributed by atoms with E-state index >= 15 is 0 Å². The van der Waals surface area contributed by atoms with E-state index in [0.29, 0.717) is 11.4 Å². The molecule has 0 unspecified atom stereocenters. The molecule has 6 heteroatoms. The van der Waals surface area contributed by atoms with Gasteiger partial charge in [0, 0.05) is 43.0 Å². The molecule has 27 heavy (non-hydrogen) atoms. The van der Waals surface area contributed by atoms with Crippen molar-refractivity contribution in [2.45, 2.75) is 13.3 Å². The van der Waals surface area contributed by atoms with Crippen molar-refractivity contribution in [3.63, 3.8) is 0 Å². The summed E-state index contributed by atoms with van der Waals surface area (Å²) in [6.45, 7) is 6.67. The van der Waals surface area contributed by atoms with E-state index in [9.17, 15) is 4.79 Å². The lowest BCUT2D eigenvalue weighted by molar-refractivity contribution is -0.132. The van der Waals surface area contributed by atoms with E-state index in [1.807, 2.05) is 58.0 Å². The Morgan fingerprint density at radius 1 is 1.07 bits per heavy atom. The van der Waals surface area contributed by atoms with Crippen LogP contribution < -0.4 is 0 Å².